The van der Waals surface area contributed by atoms with Crippen LogP contribution in [0, 0.1) is 5.92 Å². The Morgan fingerprint density at radius 1 is 1.09 bits per heavy atom. The van der Waals surface area contributed by atoms with E-state index in [1.807, 2.05) is 69.6 Å². The number of amides is 2. The second-order valence-electron chi connectivity index (χ2n) is 9.04. The summed E-state index contributed by atoms with van der Waals surface area (Å²) in [4.78, 5) is 31.8. The average Bonchev–Trinajstić information content (AvgIpc) is 2.97. The summed E-state index contributed by atoms with van der Waals surface area (Å²) in [5, 5.41) is 9.91. The Hall–Kier alpha value is -3.45. The Morgan fingerprint density at radius 3 is 2.51 bits per heavy atom. The van der Waals surface area contributed by atoms with Crippen molar-refractivity contribution in [2.75, 3.05) is 25.0 Å². The van der Waals surface area contributed by atoms with E-state index in [0.29, 0.717) is 13.1 Å². The molecule has 0 spiro atoms. The number of amidine groups is 1. The zero-order valence-corrected chi connectivity index (χ0v) is 20.8. The first-order valence-corrected chi connectivity index (χ1v) is 12.5. The minimum atomic E-state index is -0.0948. The second kappa shape index (κ2) is 11.3. The van der Waals surface area contributed by atoms with Crippen LogP contribution in [0.2, 0.25) is 0 Å². The van der Waals surface area contributed by atoms with E-state index in [1.165, 1.54) is 0 Å². The molecular weight excluding hydrogens is 438 g/mol. The molecule has 4 rings (SSSR count). The number of para-hydroxylation sites is 1. The summed E-state index contributed by atoms with van der Waals surface area (Å²) in [6, 6.07) is 15.8. The maximum absolute atomic E-state index is 13.1. The zero-order chi connectivity index (χ0) is 24.8. The number of fused-ring (bicyclic) bond motifs is 2. The van der Waals surface area contributed by atoms with Gasteiger partial charge in [-0.05, 0) is 42.5 Å². The molecule has 0 bridgehead atoms. The highest BCUT2D eigenvalue weighted by Gasteiger charge is 2.30. The first-order valence-electron chi connectivity index (χ1n) is 12.5. The number of hydrogen-bond acceptors (Lipinski definition) is 4. The average molecular weight is 474 g/mol. The van der Waals surface area contributed by atoms with Crippen LogP contribution >= 0.6 is 0 Å². The van der Waals surface area contributed by atoms with Gasteiger partial charge in [0, 0.05) is 49.1 Å². The minimum Gasteiger partial charge on any atom is -0.349 e. The van der Waals surface area contributed by atoms with E-state index in [9.17, 15) is 9.59 Å². The summed E-state index contributed by atoms with van der Waals surface area (Å²) in [7, 11) is 1.83. The summed E-state index contributed by atoms with van der Waals surface area (Å²) in [6.45, 7) is 5.36. The number of aliphatic imine (C=N–C) groups is 1. The summed E-state index contributed by atoms with van der Waals surface area (Å²) < 4.78 is 0. The highest BCUT2D eigenvalue weighted by Crippen LogP contribution is 2.36. The number of hydrogen-bond donors (Lipinski definition) is 3. The fraction of sp³-hybridized carbons (Fsp3) is 0.393. The lowest BCUT2D eigenvalue weighted by Crippen LogP contribution is -2.34. The largest absolute Gasteiger partial charge is 0.349 e. The van der Waals surface area contributed by atoms with Gasteiger partial charge < -0.3 is 20.9 Å². The van der Waals surface area contributed by atoms with Crippen molar-refractivity contribution >= 4 is 23.3 Å². The van der Waals surface area contributed by atoms with Crippen molar-refractivity contribution in [2.24, 2.45) is 10.9 Å². The number of rotatable bonds is 8. The molecule has 1 unspecified atom stereocenters. The first kappa shape index (κ1) is 24.7. The minimum absolute atomic E-state index is 0.00266. The summed E-state index contributed by atoms with van der Waals surface area (Å²) in [5.74, 6) is 1.08. The van der Waals surface area contributed by atoms with E-state index in [1.54, 1.807) is 4.90 Å². The second-order valence-corrected chi connectivity index (χ2v) is 9.04. The molecule has 2 aliphatic heterocycles. The fourth-order valence-corrected chi connectivity index (χ4v) is 4.77. The van der Waals surface area contributed by atoms with Crippen molar-refractivity contribution in [1.82, 2.24) is 16.0 Å². The van der Waals surface area contributed by atoms with Crippen molar-refractivity contribution in [3.63, 3.8) is 0 Å². The Kier molecular flexibility index (Phi) is 7.98. The van der Waals surface area contributed by atoms with Gasteiger partial charge in [-0.1, -0.05) is 50.2 Å². The van der Waals surface area contributed by atoms with Gasteiger partial charge in [0.1, 0.15) is 5.84 Å². The third-order valence-corrected chi connectivity index (χ3v) is 6.86. The van der Waals surface area contributed by atoms with Crippen LogP contribution in [0.3, 0.4) is 0 Å². The Labute approximate surface area is 207 Å². The smallest absolute Gasteiger partial charge is 0.258 e. The molecule has 2 aliphatic rings. The lowest BCUT2D eigenvalue weighted by Gasteiger charge is -2.22. The molecule has 0 aromatic heterocycles. The van der Waals surface area contributed by atoms with Gasteiger partial charge in [-0.25, -0.2) is 0 Å². The van der Waals surface area contributed by atoms with Crippen molar-refractivity contribution in [3.8, 4) is 0 Å². The van der Waals surface area contributed by atoms with Crippen molar-refractivity contribution in [2.45, 2.75) is 45.6 Å². The first-order chi connectivity index (χ1) is 17.0. The van der Waals surface area contributed by atoms with Gasteiger partial charge in [0.05, 0.1) is 12.6 Å². The molecule has 35 heavy (non-hydrogen) atoms. The molecule has 2 heterocycles. The van der Waals surface area contributed by atoms with E-state index in [4.69, 9.17) is 4.99 Å². The van der Waals surface area contributed by atoms with Gasteiger partial charge >= 0.3 is 0 Å². The Balaban J connectivity index is 1.40. The molecule has 0 aliphatic carbocycles. The third kappa shape index (κ3) is 5.46. The van der Waals surface area contributed by atoms with E-state index in [0.717, 1.165) is 59.6 Å². The fourth-order valence-electron chi connectivity index (χ4n) is 4.77. The summed E-state index contributed by atoms with van der Waals surface area (Å²) >= 11 is 0. The molecular formula is C28H35N5O2. The predicted octanol–water partition coefficient (Wildman–Crippen LogP) is 4.13. The lowest BCUT2D eigenvalue weighted by atomic mass is 9.95. The molecule has 0 saturated carbocycles. The number of nitrogens with one attached hydrogen (secondary N) is 3. The van der Waals surface area contributed by atoms with Gasteiger partial charge in [-0.3, -0.25) is 14.6 Å². The molecule has 0 fully saturated rings. The number of carbonyl (C=O) groups is 2. The monoisotopic (exact) mass is 473 g/mol. The van der Waals surface area contributed by atoms with E-state index >= 15 is 0 Å². The standard InChI is InChI=1S/C28H35N5O2/c1-4-19(5-2)27(34)32-20-14-15-25(31-18-20)29-16-17-30-26-21-10-6-7-11-22(21)28(35)33(3)24-13-9-8-12-23(24)26/h6-13,18-19,26,30H,4-5,14-17H2,1-3H3,(H,29,31)(H,32,34). The van der Waals surface area contributed by atoms with Gasteiger partial charge in [0.15, 0.2) is 0 Å². The molecule has 7 heteroatoms. The summed E-state index contributed by atoms with van der Waals surface area (Å²) in [5.41, 5.74) is 4.62. The number of allylic oxidation sites excluding steroid dienone is 1. The Bertz CT molecular complexity index is 1140. The van der Waals surface area contributed by atoms with Crippen molar-refractivity contribution in [1.29, 1.82) is 0 Å². The van der Waals surface area contributed by atoms with Gasteiger partial charge in [0.2, 0.25) is 5.91 Å². The molecule has 2 amide bonds. The molecule has 0 saturated heterocycles. The van der Waals surface area contributed by atoms with Crippen LogP contribution in [0.1, 0.15) is 67.1 Å². The van der Waals surface area contributed by atoms with Gasteiger partial charge in [0.25, 0.3) is 5.91 Å². The van der Waals surface area contributed by atoms with Crippen molar-refractivity contribution in [3.05, 3.63) is 77.1 Å². The van der Waals surface area contributed by atoms with Crippen LogP contribution in [0.25, 0.3) is 0 Å². The van der Waals surface area contributed by atoms with E-state index in [2.05, 4.69) is 22.0 Å². The molecule has 7 nitrogen and oxygen atoms in total. The number of anilines is 1. The maximum atomic E-state index is 13.1. The topological polar surface area (TPSA) is 85.8 Å². The molecule has 1 atom stereocenters. The molecule has 0 radical (unpaired) electrons. The highest BCUT2D eigenvalue weighted by atomic mass is 16.2. The number of benzene rings is 2. The lowest BCUT2D eigenvalue weighted by molar-refractivity contribution is -0.124. The predicted molar refractivity (Wildman–Crippen MR) is 140 cm³/mol. The third-order valence-electron chi connectivity index (χ3n) is 6.86. The SMILES string of the molecule is CCC(CC)C(=O)NC1=CNC(=NCCNC2c3ccccc3C(=O)N(C)c3ccccc32)CC1. The van der Waals surface area contributed by atoms with Crippen LogP contribution in [0.5, 0.6) is 0 Å². The maximum Gasteiger partial charge on any atom is 0.258 e. The zero-order valence-electron chi connectivity index (χ0n) is 20.8. The van der Waals surface area contributed by atoms with Crippen LogP contribution in [-0.4, -0.2) is 37.8 Å². The summed E-state index contributed by atoms with van der Waals surface area (Å²) in [6.07, 6.45) is 5.09. The van der Waals surface area contributed by atoms with Crippen molar-refractivity contribution < 1.29 is 9.59 Å². The quantitative estimate of drug-likeness (QED) is 0.503. The molecule has 3 N–H and O–H groups in total. The van der Waals surface area contributed by atoms with E-state index in [-0.39, 0.29) is 23.8 Å². The molecule has 184 valence electrons. The normalized spacial score (nSPS) is 18.5. The molecule has 2 aromatic carbocycles. The number of carbonyl (C=O) groups excluding carboxylic acids is 2. The van der Waals surface area contributed by atoms with Gasteiger partial charge in [-0.2, -0.15) is 0 Å². The van der Waals surface area contributed by atoms with Crippen LogP contribution in [0.4, 0.5) is 5.69 Å². The van der Waals surface area contributed by atoms with Gasteiger partial charge in [-0.15, -0.1) is 0 Å². The Morgan fingerprint density at radius 2 is 1.80 bits per heavy atom. The molecule has 2 aromatic rings. The van der Waals surface area contributed by atoms with Crippen LogP contribution in [-0.2, 0) is 4.79 Å². The van der Waals surface area contributed by atoms with E-state index < -0.39 is 0 Å². The highest BCUT2D eigenvalue weighted by molar-refractivity contribution is 6.08. The number of nitrogens with zero attached hydrogens (tertiary/aromatic N) is 2. The van der Waals surface area contributed by atoms with Crippen LogP contribution < -0.4 is 20.9 Å². The van der Waals surface area contributed by atoms with Crippen LogP contribution in [0.15, 0.2) is 65.4 Å².